The molecule has 2 aliphatic carbocycles. The molecule has 5 rings (SSSR count). The number of hydrogen-bond acceptors (Lipinski definition) is 6. The number of nitrogens with one attached hydrogen (secondary N) is 3. The second kappa shape index (κ2) is 11.8. The van der Waals surface area contributed by atoms with Gasteiger partial charge in [-0.15, -0.1) is 0 Å². The maximum atomic E-state index is 15.8. The lowest BCUT2D eigenvalue weighted by molar-refractivity contribution is -0.125. The maximum absolute atomic E-state index is 15.8. The minimum atomic E-state index is -3.32. The summed E-state index contributed by atoms with van der Waals surface area (Å²) in [5.41, 5.74) is -0.451. The molecule has 0 bridgehead atoms. The number of aromatic nitrogens is 4. The zero-order valence-electron chi connectivity index (χ0n) is 22.9. The Morgan fingerprint density at radius 1 is 1.14 bits per heavy atom. The van der Waals surface area contributed by atoms with Crippen LogP contribution in [-0.4, -0.2) is 56.9 Å². The van der Waals surface area contributed by atoms with E-state index in [1.165, 1.54) is 6.07 Å². The van der Waals surface area contributed by atoms with Crippen molar-refractivity contribution < 1.29 is 45.0 Å². The molecule has 2 unspecified atom stereocenters. The van der Waals surface area contributed by atoms with Crippen molar-refractivity contribution in [2.24, 2.45) is 5.92 Å². The highest BCUT2D eigenvalue weighted by atomic mass is 19.3. The van der Waals surface area contributed by atoms with Crippen molar-refractivity contribution in [1.29, 1.82) is 0 Å². The maximum Gasteiger partial charge on any atom is 0.276 e. The minimum absolute atomic E-state index is 0.00790. The number of imidazole rings is 1. The van der Waals surface area contributed by atoms with Crippen LogP contribution < -0.4 is 10.6 Å². The fraction of sp³-hybridized carbons (Fsp3) is 0.593. The summed E-state index contributed by atoms with van der Waals surface area (Å²) < 4.78 is 102. The highest BCUT2D eigenvalue weighted by Crippen LogP contribution is 2.43. The molecule has 1 aromatic carbocycles. The van der Waals surface area contributed by atoms with Gasteiger partial charge in [-0.25, -0.2) is 40.3 Å². The van der Waals surface area contributed by atoms with Crippen LogP contribution in [0.4, 0.5) is 30.7 Å². The second-order valence-corrected chi connectivity index (χ2v) is 11.4. The van der Waals surface area contributed by atoms with Gasteiger partial charge in [0, 0.05) is 37.7 Å². The highest BCUT2D eigenvalue weighted by Gasteiger charge is 2.41. The van der Waals surface area contributed by atoms with Crippen LogP contribution in [0.25, 0.3) is 11.0 Å². The number of alkyl halides is 6. The van der Waals surface area contributed by atoms with Crippen LogP contribution in [0.2, 0.25) is 0 Å². The van der Waals surface area contributed by atoms with Crippen molar-refractivity contribution in [2.45, 2.75) is 88.0 Å². The molecule has 2 atom stereocenters. The lowest BCUT2D eigenvalue weighted by atomic mass is 9.81. The summed E-state index contributed by atoms with van der Waals surface area (Å²) in [5.74, 6) is -11.6. The van der Waals surface area contributed by atoms with Crippen molar-refractivity contribution in [3.63, 3.8) is 0 Å². The lowest BCUT2D eigenvalue weighted by Crippen LogP contribution is -2.38. The summed E-state index contributed by atoms with van der Waals surface area (Å²) in [6.45, 7) is -0.602. The SMILES string of the molecule is CC(F)(F)CNC(=O)C(CC(F)F)c1ccc2[nH]c(C(NC(=O)c3nonc3C3CC3)C3CCC(F)(F)CC3)nc2c1F. The van der Waals surface area contributed by atoms with E-state index in [1.54, 1.807) is 0 Å². The first kappa shape index (κ1) is 30.7. The van der Waals surface area contributed by atoms with Gasteiger partial charge in [-0.05, 0) is 42.8 Å². The van der Waals surface area contributed by atoms with Crippen LogP contribution in [0.1, 0.15) is 97.3 Å². The van der Waals surface area contributed by atoms with Crippen LogP contribution in [0, 0.1) is 11.7 Å². The van der Waals surface area contributed by atoms with Crippen LogP contribution in [0.5, 0.6) is 0 Å². The Hall–Kier alpha value is -3.72. The summed E-state index contributed by atoms with van der Waals surface area (Å²) in [4.78, 5) is 33.0. The van der Waals surface area contributed by atoms with Crippen LogP contribution in [-0.2, 0) is 4.79 Å². The van der Waals surface area contributed by atoms with Gasteiger partial charge in [0.2, 0.25) is 18.3 Å². The predicted molar refractivity (Wildman–Crippen MR) is 136 cm³/mol. The number of nitrogens with zero attached hydrogens (tertiary/aromatic N) is 3. The average molecular weight is 619 g/mol. The predicted octanol–water partition coefficient (Wildman–Crippen LogP) is 5.77. The number of aromatic amines is 1. The van der Waals surface area contributed by atoms with Crippen molar-refractivity contribution in [3.05, 3.63) is 40.7 Å². The van der Waals surface area contributed by atoms with Crippen LogP contribution >= 0.6 is 0 Å². The molecule has 2 heterocycles. The van der Waals surface area contributed by atoms with Gasteiger partial charge in [-0.2, -0.15) is 0 Å². The van der Waals surface area contributed by atoms with Gasteiger partial charge in [0.15, 0.2) is 11.5 Å². The quantitative estimate of drug-likeness (QED) is 0.235. The summed E-state index contributed by atoms with van der Waals surface area (Å²) in [6.07, 6.45) is -3.46. The van der Waals surface area contributed by atoms with E-state index in [2.05, 4.69) is 25.6 Å². The van der Waals surface area contributed by atoms with E-state index < -0.39 is 85.2 Å². The first-order valence-electron chi connectivity index (χ1n) is 13.9. The third-order valence-electron chi connectivity index (χ3n) is 7.83. The Labute approximate surface area is 240 Å². The number of halogens is 7. The number of fused-ring (bicyclic) bond motifs is 1. The van der Waals surface area contributed by atoms with Crippen molar-refractivity contribution in [3.8, 4) is 0 Å². The lowest BCUT2D eigenvalue weighted by Gasteiger charge is -2.33. The number of benzene rings is 1. The largest absolute Gasteiger partial charge is 0.350 e. The smallest absolute Gasteiger partial charge is 0.276 e. The Morgan fingerprint density at radius 2 is 1.84 bits per heavy atom. The van der Waals surface area contributed by atoms with E-state index in [1.807, 2.05) is 5.32 Å². The molecule has 2 aromatic heterocycles. The molecule has 2 saturated carbocycles. The molecule has 234 valence electrons. The molecule has 16 heteroatoms. The summed E-state index contributed by atoms with van der Waals surface area (Å²) in [6, 6.07) is 1.36. The zero-order valence-corrected chi connectivity index (χ0v) is 22.9. The minimum Gasteiger partial charge on any atom is -0.350 e. The van der Waals surface area contributed by atoms with Gasteiger partial charge in [0.05, 0.1) is 24.0 Å². The van der Waals surface area contributed by atoms with Gasteiger partial charge < -0.3 is 15.6 Å². The normalized spacial score (nSPS) is 19.0. The Kier molecular flexibility index (Phi) is 8.40. The van der Waals surface area contributed by atoms with Gasteiger partial charge >= 0.3 is 0 Å². The van der Waals surface area contributed by atoms with Gasteiger partial charge in [0.1, 0.15) is 17.0 Å². The molecule has 3 aromatic rings. The molecule has 0 aliphatic heterocycles. The first-order valence-corrected chi connectivity index (χ1v) is 13.9. The van der Waals surface area contributed by atoms with E-state index in [0.29, 0.717) is 12.6 Å². The molecule has 43 heavy (non-hydrogen) atoms. The first-order chi connectivity index (χ1) is 20.2. The molecule has 2 aliphatic rings. The summed E-state index contributed by atoms with van der Waals surface area (Å²) in [5, 5.41) is 12.1. The highest BCUT2D eigenvalue weighted by molar-refractivity contribution is 5.93. The number of hydrogen-bond donors (Lipinski definition) is 3. The third-order valence-corrected chi connectivity index (χ3v) is 7.83. The Bertz CT molecular complexity index is 1470. The molecule has 0 spiro atoms. The number of carbonyl (C=O) groups excluding carboxylic acids is 2. The number of carbonyl (C=O) groups is 2. The fourth-order valence-corrected chi connectivity index (χ4v) is 5.40. The topological polar surface area (TPSA) is 126 Å². The van der Waals surface area contributed by atoms with Gasteiger partial charge in [-0.3, -0.25) is 9.59 Å². The summed E-state index contributed by atoms with van der Waals surface area (Å²) in [7, 11) is 0. The number of rotatable bonds is 11. The van der Waals surface area contributed by atoms with Crippen LogP contribution in [0.3, 0.4) is 0 Å². The molecule has 2 fully saturated rings. The van der Waals surface area contributed by atoms with Gasteiger partial charge in [0.25, 0.3) is 11.8 Å². The van der Waals surface area contributed by atoms with E-state index in [-0.39, 0.29) is 41.3 Å². The Morgan fingerprint density at radius 3 is 2.47 bits per heavy atom. The number of H-pyrrole nitrogens is 1. The second-order valence-electron chi connectivity index (χ2n) is 11.4. The molecular formula is C27H29F7N6O3. The standard InChI is InChI=1S/C27H29F7N6O3/c1-26(31,32)11-35-24(41)15(10-17(28)29)14-4-5-16-21(18(14)30)37-23(36-16)20(13-6-8-27(33,34)9-7-13)38-25(42)22-19(12-2-3-12)39-43-40-22/h4-5,12-13,15,17,20H,2-3,6-11H2,1H3,(H,35,41)(H,36,37)(H,38,42). The van der Waals surface area contributed by atoms with E-state index in [4.69, 9.17) is 4.63 Å². The van der Waals surface area contributed by atoms with Crippen LogP contribution in [0.15, 0.2) is 16.8 Å². The van der Waals surface area contributed by atoms with E-state index in [0.717, 1.165) is 18.9 Å². The van der Waals surface area contributed by atoms with E-state index >= 15 is 4.39 Å². The van der Waals surface area contributed by atoms with Crippen molar-refractivity contribution in [1.82, 2.24) is 30.9 Å². The summed E-state index contributed by atoms with van der Waals surface area (Å²) >= 11 is 0. The molecular weight excluding hydrogens is 589 g/mol. The third kappa shape index (κ3) is 7.09. The van der Waals surface area contributed by atoms with Crippen molar-refractivity contribution in [2.75, 3.05) is 6.54 Å². The number of amides is 2. The van der Waals surface area contributed by atoms with Crippen molar-refractivity contribution >= 4 is 22.8 Å². The van der Waals surface area contributed by atoms with Gasteiger partial charge in [-0.1, -0.05) is 11.2 Å². The monoisotopic (exact) mass is 618 g/mol. The Balaban J connectivity index is 1.47. The molecule has 2 amide bonds. The average Bonchev–Trinajstić information content (AvgIpc) is 3.47. The molecule has 0 saturated heterocycles. The molecule has 0 radical (unpaired) electrons. The van der Waals surface area contributed by atoms with E-state index in [9.17, 15) is 35.9 Å². The fourth-order valence-electron chi connectivity index (χ4n) is 5.40. The zero-order chi connectivity index (χ0) is 31.1. The molecule has 3 N–H and O–H groups in total. The molecule has 9 nitrogen and oxygen atoms in total.